The second-order valence-corrected chi connectivity index (χ2v) is 5.11. The van der Waals surface area contributed by atoms with E-state index in [9.17, 15) is 23.6 Å². The minimum Gasteiger partial charge on any atom is -0.326 e. The summed E-state index contributed by atoms with van der Waals surface area (Å²) in [7, 11) is 0. The lowest BCUT2D eigenvalue weighted by atomic mass is 10.0. The highest BCUT2D eigenvalue weighted by molar-refractivity contribution is 6.31. The van der Waals surface area contributed by atoms with Crippen molar-refractivity contribution < 1.29 is 28.4 Å². The van der Waals surface area contributed by atoms with Crippen LogP contribution in [0.4, 0.5) is 4.39 Å². The largest absolute Gasteiger partial charge is 0.356 e. The molecule has 1 aromatic rings. The van der Waals surface area contributed by atoms with Gasteiger partial charge in [-0.15, -0.1) is 5.06 Å². The first-order valence-corrected chi connectivity index (χ1v) is 6.93. The molecule has 23 heavy (non-hydrogen) atoms. The van der Waals surface area contributed by atoms with E-state index in [1.165, 1.54) is 19.1 Å². The number of hydrogen-bond donors (Lipinski definition) is 0. The van der Waals surface area contributed by atoms with Crippen LogP contribution in [0, 0.1) is 5.82 Å². The van der Waals surface area contributed by atoms with Crippen LogP contribution < -0.4 is 0 Å². The summed E-state index contributed by atoms with van der Waals surface area (Å²) in [4.78, 5) is 50.4. The van der Waals surface area contributed by atoms with Crippen molar-refractivity contribution in [1.29, 1.82) is 0 Å². The summed E-state index contributed by atoms with van der Waals surface area (Å²) in [5.74, 6) is -3.59. The van der Waals surface area contributed by atoms with Crippen LogP contribution >= 0.6 is 11.6 Å². The molecule has 1 aliphatic rings. The Morgan fingerprint density at radius 3 is 2.43 bits per heavy atom. The van der Waals surface area contributed by atoms with Crippen molar-refractivity contribution in [2.75, 3.05) is 0 Å². The first-order chi connectivity index (χ1) is 10.8. The second kappa shape index (κ2) is 6.70. The zero-order valence-corrected chi connectivity index (χ0v) is 12.7. The Labute approximate surface area is 135 Å². The number of benzene rings is 1. The summed E-state index contributed by atoms with van der Waals surface area (Å²) in [6, 6.07) is 2.55. The van der Waals surface area contributed by atoms with Crippen molar-refractivity contribution in [2.45, 2.75) is 19.8 Å². The van der Waals surface area contributed by atoms with E-state index in [-0.39, 0.29) is 29.0 Å². The molecule has 0 atom stereocenters. The molecule has 120 valence electrons. The molecule has 2 amide bonds. The van der Waals surface area contributed by atoms with Gasteiger partial charge in [-0.05, 0) is 25.1 Å². The summed E-state index contributed by atoms with van der Waals surface area (Å²) >= 11 is 5.65. The summed E-state index contributed by atoms with van der Waals surface area (Å²) in [6.45, 7) is 1.24. The van der Waals surface area contributed by atoms with E-state index in [4.69, 9.17) is 11.6 Å². The number of carbonyl (C=O) groups excluding carboxylic acids is 4. The van der Waals surface area contributed by atoms with Gasteiger partial charge >= 0.3 is 5.97 Å². The van der Waals surface area contributed by atoms with Gasteiger partial charge in [-0.3, -0.25) is 14.4 Å². The molecular formula is C15H11ClFNO5. The number of halogens is 2. The highest BCUT2D eigenvalue weighted by Crippen LogP contribution is 2.24. The van der Waals surface area contributed by atoms with E-state index >= 15 is 0 Å². The zero-order valence-electron chi connectivity index (χ0n) is 12.0. The quantitative estimate of drug-likeness (QED) is 0.477. The minimum atomic E-state index is -1.05. The number of imide groups is 1. The van der Waals surface area contributed by atoms with E-state index in [1.807, 2.05) is 0 Å². The van der Waals surface area contributed by atoms with Crippen LogP contribution in [0.25, 0.3) is 6.08 Å². The van der Waals surface area contributed by atoms with Crippen LogP contribution in [0.1, 0.15) is 35.7 Å². The number of rotatable bonds is 4. The summed E-state index contributed by atoms with van der Waals surface area (Å²) in [6.07, 6.45) is 1.74. The smallest absolute Gasteiger partial charge is 0.326 e. The fraction of sp³-hybridized carbons (Fsp3) is 0.200. The average Bonchev–Trinajstić information content (AvgIpc) is 2.80. The third-order valence-corrected chi connectivity index (χ3v) is 3.38. The first kappa shape index (κ1) is 16.8. The number of carbonyl (C=O) groups is 4. The third kappa shape index (κ3) is 3.62. The van der Waals surface area contributed by atoms with Gasteiger partial charge in [0.05, 0.1) is 5.02 Å². The van der Waals surface area contributed by atoms with E-state index in [2.05, 4.69) is 4.84 Å². The lowest BCUT2D eigenvalue weighted by Gasteiger charge is -2.10. The van der Waals surface area contributed by atoms with Crippen LogP contribution in [-0.2, 0) is 19.2 Å². The fourth-order valence-corrected chi connectivity index (χ4v) is 2.13. The molecule has 1 aromatic carbocycles. The Morgan fingerprint density at radius 1 is 1.26 bits per heavy atom. The van der Waals surface area contributed by atoms with Crippen molar-refractivity contribution in [1.82, 2.24) is 5.06 Å². The number of amides is 2. The molecule has 2 rings (SSSR count). The number of hydroxylamine groups is 2. The fourth-order valence-electron chi connectivity index (χ4n) is 1.97. The topological polar surface area (TPSA) is 80.8 Å². The Bertz CT molecular complexity index is 728. The van der Waals surface area contributed by atoms with Crippen LogP contribution in [0.3, 0.4) is 0 Å². The average molecular weight is 340 g/mol. The molecule has 6 nitrogen and oxygen atoms in total. The standard InChI is InChI=1S/C15H11ClFNO5/c1-8(19)9-2-4-11(16)15(17)10(9)3-7-14(22)23-18-12(20)5-6-13(18)21/h2-4,7H,5-6H2,1H3. The van der Waals surface area contributed by atoms with Gasteiger partial charge in [-0.2, -0.15) is 0 Å². The van der Waals surface area contributed by atoms with Gasteiger partial charge in [0.1, 0.15) is 5.82 Å². The van der Waals surface area contributed by atoms with Gasteiger partial charge in [-0.1, -0.05) is 11.6 Å². The van der Waals surface area contributed by atoms with Crippen LogP contribution in [-0.4, -0.2) is 28.6 Å². The van der Waals surface area contributed by atoms with Crippen molar-refractivity contribution in [3.8, 4) is 0 Å². The first-order valence-electron chi connectivity index (χ1n) is 6.56. The molecule has 0 saturated carbocycles. The number of nitrogens with zero attached hydrogens (tertiary/aromatic N) is 1. The van der Waals surface area contributed by atoms with Crippen LogP contribution in [0.15, 0.2) is 18.2 Å². The Kier molecular flexibility index (Phi) is 4.90. The van der Waals surface area contributed by atoms with Gasteiger partial charge in [0.15, 0.2) is 5.78 Å². The zero-order chi connectivity index (χ0) is 17.1. The summed E-state index contributed by atoms with van der Waals surface area (Å²) in [5, 5.41) is 0.153. The van der Waals surface area contributed by atoms with E-state index in [1.54, 1.807) is 0 Å². The molecule has 1 fully saturated rings. The lowest BCUT2D eigenvalue weighted by molar-refractivity contribution is -0.193. The van der Waals surface area contributed by atoms with Gasteiger partial charge in [0, 0.05) is 30.0 Å². The molecule has 0 bridgehead atoms. The molecule has 0 unspecified atom stereocenters. The van der Waals surface area contributed by atoms with E-state index < -0.39 is 29.4 Å². The van der Waals surface area contributed by atoms with Crippen molar-refractivity contribution >= 4 is 41.2 Å². The van der Waals surface area contributed by atoms with E-state index in [0.717, 1.165) is 12.2 Å². The van der Waals surface area contributed by atoms with Crippen molar-refractivity contribution in [3.63, 3.8) is 0 Å². The third-order valence-electron chi connectivity index (χ3n) is 3.09. The summed E-state index contributed by atoms with van der Waals surface area (Å²) in [5.41, 5.74) is -0.148. The van der Waals surface area contributed by atoms with Crippen molar-refractivity contribution in [3.05, 3.63) is 40.2 Å². The Morgan fingerprint density at radius 2 is 1.87 bits per heavy atom. The Balaban J connectivity index is 2.21. The molecule has 0 spiro atoms. The predicted octanol–water partition coefficient (Wildman–Crippen LogP) is 2.30. The minimum absolute atomic E-state index is 0.0317. The normalized spacial score (nSPS) is 14.7. The van der Waals surface area contributed by atoms with Gasteiger partial charge in [-0.25, -0.2) is 9.18 Å². The maximum atomic E-state index is 14.0. The van der Waals surface area contributed by atoms with Crippen LogP contribution in [0.2, 0.25) is 5.02 Å². The predicted molar refractivity (Wildman–Crippen MR) is 77.6 cm³/mol. The molecule has 0 aromatic heterocycles. The van der Waals surface area contributed by atoms with E-state index in [0.29, 0.717) is 5.06 Å². The number of hydrogen-bond acceptors (Lipinski definition) is 5. The van der Waals surface area contributed by atoms with Crippen LogP contribution in [0.5, 0.6) is 0 Å². The molecule has 0 N–H and O–H groups in total. The molecule has 1 heterocycles. The Hall–Kier alpha value is -2.54. The molecule has 1 aliphatic heterocycles. The van der Waals surface area contributed by atoms with Gasteiger partial charge in [0.25, 0.3) is 11.8 Å². The molecule has 1 saturated heterocycles. The molecule has 8 heteroatoms. The molecular weight excluding hydrogens is 329 g/mol. The highest BCUT2D eigenvalue weighted by Gasteiger charge is 2.32. The molecule has 0 radical (unpaired) electrons. The number of ketones is 1. The van der Waals surface area contributed by atoms with Gasteiger partial charge < -0.3 is 4.84 Å². The lowest BCUT2D eigenvalue weighted by Crippen LogP contribution is -2.31. The second-order valence-electron chi connectivity index (χ2n) is 4.70. The highest BCUT2D eigenvalue weighted by atomic mass is 35.5. The monoisotopic (exact) mass is 339 g/mol. The SMILES string of the molecule is CC(=O)c1ccc(Cl)c(F)c1C=CC(=O)ON1C(=O)CCC1=O. The number of Topliss-reactive ketones (excluding diaryl/α,β-unsaturated/α-hetero) is 1. The maximum Gasteiger partial charge on any atom is 0.356 e. The summed E-state index contributed by atoms with van der Waals surface area (Å²) < 4.78 is 14.0. The maximum absolute atomic E-state index is 14.0. The van der Waals surface area contributed by atoms with Crippen molar-refractivity contribution in [2.24, 2.45) is 0 Å². The van der Waals surface area contributed by atoms with Gasteiger partial charge in [0.2, 0.25) is 0 Å². The molecule has 0 aliphatic carbocycles.